The number of hydrogen-bond donors (Lipinski definition) is 1. The topological polar surface area (TPSA) is 72.8 Å². The fourth-order valence-corrected chi connectivity index (χ4v) is 9.83. The van der Waals surface area contributed by atoms with Gasteiger partial charge in [-0.15, -0.1) is 0 Å². The van der Waals surface area contributed by atoms with Gasteiger partial charge in [-0.3, -0.25) is 4.18 Å². The molecule has 1 aliphatic carbocycles. The molecule has 1 fully saturated rings. The predicted octanol–water partition coefficient (Wildman–Crippen LogP) is 2.54. The molecule has 2 aromatic rings. The highest BCUT2D eigenvalue weighted by molar-refractivity contribution is 7.86. The summed E-state index contributed by atoms with van der Waals surface area (Å²) in [5.74, 6) is -0.179. The van der Waals surface area contributed by atoms with E-state index in [1.807, 2.05) is 36.4 Å². The van der Waals surface area contributed by atoms with Gasteiger partial charge in [0.2, 0.25) is 0 Å². The summed E-state index contributed by atoms with van der Waals surface area (Å²) < 4.78 is 35.0. The summed E-state index contributed by atoms with van der Waals surface area (Å²) in [7, 11) is -6.19. The molecule has 164 valence electrons. The zero-order valence-electron chi connectivity index (χ0n) is 18.1. The van der Waals surface area contributed by atoms with Crippen LogP contribution in [-0.2, 0) is 18.7 Å². The first-order valence-electron chi connectivity index (χ1n) is 10.3. The van der Waals surface area contributed by atoms with Crippen molar-refractivity contribution in [2.24, 2.45) is 11.8 Å². The Morgan fingerprint density at radius 1 is 1.00 bits per heavy atom. The maximum Gasteiger partial charge on any atom is 0.264 e. The molecule has 0 aliphatic heterocycles. The van der Waals surface area contributed by atoms with E-state index in [-0.39, 0.29) is 23.5 Å². The van der Waals surface area contributed by atoms with Gasteiger partial charge in [-0.25, -0.2) is 0 Å². The maximum absolute atomic E-state index is 11.5. The van der Waals surface area contributed by atoms with E-state index in [2.05, 4.69) is 45.0 Å². The van der Waals surface area contributed by atoms with Gasteiger partial charge >= 0.3 is 0 Å². The number of rotatable bonds is 8. The maximum atomic E-state index is 11.5. The zero-order valence-corrected chi connectivity index (χ0v) is 19.9. The van der Waals surface area contributed by atoms with E-state index in [9.17, 15) is 13.5 Å². The fraction of sp³-hybridized carbons (Fsp3) is 0.478. The lowest BCUT2D eigenvalue weighted by Gasteiger charge is -2.47. The van der Waals surface area contributed by atoms with Crippen LogP contribution in [0.15, 0.2) is 60.7 Å². The molecular formula is C23H32O5SSi. The van der Waals surface area contributed by atoms with E-state index < -0.39 is 24.5 Å². The van der Waals surface area contributed by atoms with Crippen LogP contribution in [0.4, 0.5) is 0 Å². The molecule has 1 saturated carbocycles. The Kier molecular flexibility index (Phi) is 6.89. The number of aliphatic hydroxyl groups excluding tert-OH is 1. The molecule has 5 nitrogen and oxygen atoms in total. The minimum absolute atomic E-state index is 0.0587. The van der Waals surface area contributed by atoms with Gasteiger partial charge in [-0.2, -0.15) is 8.42 Å². The van der Waals surface area contributed by atoms with Gasteiger partial charge in [0.1, 0.15) is 0 Å². The Balaban J connectivity index is 1.91. The molecule has 1 aliphatic rings. The van der Waals surface area contributed by atoms with Crippen molar-refractivity contribution in [3.8, 4) is 0 Å². The van der Waals surface area contributed by atoms with Gasteiger partial charge in [0, 0.05) is 19.1 Å². The summed E-state index contributed by atoms with van der Waals surface area (Å²) in [6.07, 6.45) is 1.14. The molecule has 0 bridgehead atoms. The second kappa shape index (κ2) is 8.92. The Morgan fingerprint density at radius 2 is 1.50 bits per heavy atom. The van der Waals surface area contributed by atoms with E-state index in [0.29, 0.717) is 13.0 Å². The van der Waals surface area contributed by atoms with Crippen LogP contribution in [0.2, 0.25) is 5.04 Å². The lowest BCUT2D eigenvalue weighted by molar-refractivity contribution is -0.0573. The molecule has 3 atom stereocenters. The Morgan fingerprint density at radius 3 is 1.90 bits per heavy atom. The van der Waals surface area contributed by atoms with Gasteiger partial charge in [-0.1, -0.05) is 81.4 Å². The van der Waals surface area contributed by atoms with E-state index >= 15 is 0 Å². The van der Waals surface area contributed by atoms with Gasteiger partial charge < -0.3 is 9.53 Å². The first-order chi connectivity index (χ1) is 14.1. The van der Waals surface area contributed by atoms with Gasteiger partial charge in [0.15, 0.2) is 0 Å². The second-order valence-corrected chi connectivity index (χ2v) is 15.1. The summed E-state index contributed by atoms with van der Waals surface area (Å²) in [4.78, 5) is 0. The third-order valence-electron chi connectivity index (χ3n) is 6.06. The minimum atomic E-state index is -3.55. The van der Waals surface area contributed by atoms with E-state index in [1.165, 1.54) is 10.4 Å². The van der Waals surface area contributed by atoms with E-state index in [1.54, 1.807) is 0 Å². The molecule has 0 amide bonds. The Hall–Kier alpha value is -1.51. The van der Waals surface area contributed by atoms with Crippen molar-refractivity contribution in [1.82, 2.24) is 0 Å². The summed E-state index contributed by atoms with van der Waals surface area (Å²) in [5.41, 5.74) is 0. The molecule has 7 heteroatoms. The van der Waals surface area contributed by atoms with Crippen molar-refractivity contribution >= 4 is 28.8 Å². The van der Waals surface area contributed by atoms with Crippen molar-refractivity contribution in [3.05, 3.63) is 60.7 Å². The molecule has 0 saturated heterocycles. The number of aliphatic hydroxyl groups is 1. The molecule has 30 heavy (non-hydrogen) atoms. The standard InChI is InChI=1S/C23H32O5SSi/c1-23(2,3)30(19-11-7-5-8-12-19,20-13-9-6-10-14-20)27-17-18-15-22(21(18)16-24)28-29(4,25)26/h5-14,18,21-22,24H,15-17H2,1-4H3/t18-,21-,22+/m1/s1. The Labute approximate surface area is 181 Å². The van der Waals surface area contributed by atoms with Crippen LogP contribution < -0.4 is 10.4 Å². The molecule has 0 unspecified atom stereocenters. The lowest BCUT2D eigenvalue weighted by atomic mass is 9.72. The van der Waals surface area contributed by atoms with Gasteiger partial charge in [-0.05, 0) is 27.8 Å². The molecule has 1 N–H and O–H groups in total. The monoisotopic (exact) mass is 448 g/mol. The van der Waals surface area contributed by atoms with Crippen LogP contribution in [0.5, 0.6) is 0 Å². The van der Waals surface area contributed by atoms with Gasteiger partial charge in [0.25, 0.3) is 18.4 Å². The molecule has 0 aromatic heterocycles. The van der Waals surface area contributed by atoms with Crippen LogP contribution >= 0.6 is 0 Å². The Bertz CT molecular complexity index is 886. The molecule has 0 heterocycles. The van der Waals surface area contributed by atoms with Crippen molar-refractivity contribution < 1.29 is 22.1 Å². The predicted molar refractivity (Wildman–Crippen MR) is 122 cm³/mol. The first-order valence-corrected chi connectivity index (χ1v) is 14.0. The first kappa shape index (κ1) is 23.2. The third kappa shape index (κ3) is 4.70. The number of benzene rings is 2. The van der Waals surface area contributed by atoms with Crippen LogP contribution in [0.3, 0.4) is 0 Å². The second-order valence-electron chi connectivity index (χ2n) is 9.16. The third-order valence-corrected chi connectivity index (χ3v) is 11.7. The lowest BCUT2D eigenvalue weighted by Crippen LogP contribution is -2.67. The minimum Gasteiger partial charge on any atom is -0.407 e. The van der Waals surface area contributed by atoms with Crippen LogP contribution in [0, 0.1) is 11.8 Å². The SMILES string of the molecule is CC(C)(C)[Si](OC[C@H]1C[C@H](OS(C)(=O)=O)[C@@H]1CO)(c1ccccc1)c1ccccc1. The largest absolute Gasteiger partial charge is 0.407 e. The molecule has 3 rings (SSSR count). The van der Waals surface area contributed by atoms with Crippen molar-refractivity contribution in [2.45, 2.75) is 38.3 Å². The highest BCUT2D eigenvalue weighted by Crippen LogP contribution is 2.41. The summed E-state index contributed by atoms with van der Waals surface area (Å²) >= 11 is 0. The van der Waals surface area contributed by atoms with Crippen molar-refractivity contribution in [2.75, 3.05) is 19.5 Å². The molecule has 0 radical (unpaired) electrons. The molecule has 0 spiro atoms. The average molecular weight is 449 g/mol. The molecule has 2 aromatic carbocycles. The fourth-order valence-electron chi connectivity index (χ4n) is 4.54. The van der Waals surface area contributed by atoms with E-state index in [0.717, 1.165) is 6.26 Å². The van der Waals surface area contributed by atoms with E-state index in [4.69, 9.17) is 8.61 Å². The quantitative estimate of drug-likeness (QED) is 0.496. The summed E-state index contributed by atoms with van der Waals surface area (Å²) in [6, 6.07) is 20.8. The number of hydrogen-bond acceptors (Lipinski definition) is 5. The zero-order chi connectivity index (χ0) is 22.0. The summed E-state index contributed by atoms with van der Waals surface area (Å²) in [6.45, 7) is 7.01. The highest BCUT2D eigenvalue weighted by Gasteiger charge is 2.52. The average Bonchev–Trinajstić information content (AvgIpc) is 2.67. The normalized spacial score (nSPS) is 22.5. The summed E-state index contributed by atoms with van der Waals surface area (Å²) in [5, 5.41) is 12.1. The van der Waals surface area contributed by atoms with Gasteiger partial charge in [0.05, 0.1) is 12.4 Å². The van der Waals surface area contributed by atoms with Crippen LogP contribution in [-0.4, -0.2) is 47.4 Å². The smallest absolute Gasteiger partial charge is 0.264 e. The molecular weight excluding hydrogens is 416 g/mol. The van der Waals surface area contributed by atoms with Crippen LogP contribution in [0.1, 0.15) is 27.2 Å². The van der Waals surface area contributed by atoms with Crippen LogP contribution in [0.25, 0.3) is 0 Å². The van der Waals surface area contributed by atoms with Crippen molar-refractivity contribution in [1.29, 1.82) is 0 Å². The highest BCUT2D eigenvalue weighted by atomic mass is 32.2. The van der Waals surface area contributed by atoms with Crippen molar-refractivity contribution in [3.63, 3.8) is 0 Å².